The van der Waals surface area contributed by atoms with Gasteiger partial charge in [0.05, 0.1) is 11.2 Å². The van der Waals surface area contributed by atoms with Gasteiger partial charge in [0.2, 0.25) is 0 Å². The Morgan fingerprint density at radius 2 is 1.70 bits per heavy atom. The van der Waals surface area contributed by atoms with E-state index in [-0.39, 0.29) is 13.2 Å². The number of amides is 1. The Bertz CT molecular complexity index is 892. The van der Waals surface area contributed by atoms with Crippen molar-refractivity contribution >= 4 is 19.3 Å². The number of hydrogen-bond acceptors (Lipinski definition) is 4. The molecule has 0 bridgehead atoms. The summed E-state index contributed by atoms with van der Waals surface area (Å²) in [7, 11) is -0.551. The van der Waals surface area contributed by atoms with Gasteiger partial charge in [0, 0.05) is 6.54 Å². The number of carbonyl (C=O) groups is 1. The number of carbonyl (C=O) groups excluding carboxylic acids is 1. The third kappa shape index (κ3) is 5.52. The molecular weight excluding hydrogens is 377 g/mol. The minimum Gasteiger partial charge on any atom is -0.445 e. The van der Waals surface area contributed by atoms with Gasteiger partial charge >= 0.3 is 13.2 Å². The largest absolute Gasteiger partial charge is 0.492 e. The molecule has 0 saturated carbocycles. The molecule has 1 aliphatic rings. The third-order valence-corrected chi connectivity index (χ3v) is 5.60. The first-order chi connectivity index (χ1) is 14.2. The van der Waals surface area contributed by atoms with Crippen LogP contribution in [0.5, 0.6) is 0 Å². The molecule has 1 amide bonds. The van der Waals surface area contributed by atoms with Crippen molar-refractivity contribution in [3.63, 3.8) is 0 Å². The van der Waals surface area contributed by atoms with Crippen molar-refractivity contribution < 1.29 is 18.8 Å². The van der Waals surface area contributed by atoms with E-state index in [1.807, 2.05) is 89.2 Å². The van der Waals surface area contributed by atoms with Gasteiger partial charge in [-0.1, -0.05) is 66.2 Å². The van der Waals surface area contributed by atoms with Crippen molar-refractivity contribution in [2.45, 2.75) is 52.4 Å². The van der Waals surface area contributed by atoms with E-state index < -0.39 is 24.4 Å². The predicted octanol–water partition coefficient (Wildman–Crippen LogP) is 4.94. The molecule has 1 aliphatic heterocycles. The van der Waals surface area contributed by atoms with Crippen molar-refractivity contribution in [1.29, 1.82) is 0 Å². The van der Waals surface area contributed by atoms with E-state index in [0.717, 1.165) is 22.2 Å². The Labute approximate surface area is 179 Å². The highest BCUT2D eigenvalue weighted by Crippen LogP contribution is 2.38. The first-order valence-electron chi connectivity index (χ1n) is 10.2. The van der Waals surface area contributed by atoms with Crippen LogP contribution in [0.2, 0.25) is 0 Å². The lowest BCUT2D eigenvalue weighted by atomic mass is 9.77. The summed E-state index contributed by atoms with van der Waals surface area (Å²) in [6.45, 7) is 10.6. The van der Waals surface area contributed by atoms with E-state index in [0.29, 0.717) is 0 Å². The molecule has 0 atom stereocenters. The molecule has 0 radical (unpaired) electrons. The zero-order valence-electron chi connectivity index (χ0n) is 18.4. The van der Waals surface area contributed by atoms with Gasteiger partial charge in [0.15, 0.2) is 0 Å². The van der Waals surface area contributed by atoms with Crippen LogP contribution < -0.4 is 5.32 Å². The summed E-state index contributed by atoms with van der Waals surface area (Å²) in [5.74, 6) is 0. The average Bonchev–Trinajstić information content (AvgIpc) is 2.91. The molecule has 2 aromatic rings. The van der Waals surface area contributed by atoms with Crippen molar-refractivity contribution in [2.75, 3.05) is 6.54 Å². The first-order valence-corrected chi connectivity index (χ1v) is 10.2. The molecule has 6 heteroatoms. The van der Waals surface area contributed by atoms with Crippen LogP contribution in [-0.2, 0) is 20.7 Å². The Kier molecular flexibility index (Phi) is 6.69. The number of benzene rings is 2. The van der Waals surface area contributed by atoms with Crippen molar-refractivity contribution in [3.05, 3.63) is 76.8 Å². The Morgan fingerprint density at radius 3 is 2.33 bits per heavy atom. The monoisotopic (exact) mass is 407 g/mol. The molecule has 1 fully saturated rings. The Morgan fingerprint density at radius 1 is 1.03 bits per heavy atom. The lowest BCUT2D eigenvalue weighted by Crippen LogP contribution is -2.41. The molecule has 1 heterocycles. The van der Waals surface area contributed by atoms with Gasteiger partial charge in [0.1, 0.15) is 6.61 Å². The maximum Gasteiger partial charge on any atom is 0.492 e. The smallest absolute Gasteiger partial charge is 0.445 e. The maximum atomic E-state index is 12.3. The summed E-state index contributed by atoms with van der Waals surface area (Å²) in [5, 5.41) is 2.83. The van der Waals surface area contributed by atoms with Gasteiger partial charge in [-0.05, 0) is 51.2 Å². The number of ether oxygens (including phenoxy) is 1. The molecule has 1 N–H and O–H groups in total. The van der Waals surface area contributed by atoms with Crippen LogP contribution in [0.1, 0.15) is 44.4 Å². The zero-order chi connectivity index (χ0) is 21.8. The van der Waals surface area contributed by atoms with Crippen LogP contribution in [0.4, 0.5) is 4.79 Å². The molecule has 0 aromatic heterocycles. The van der Waals surface area contributed by atoms with E-state index in [9.17, 15) is 4.79 Å². The highest BCUT2D eigenvalue weighted by molar-refractivity contribution is 6.56. The molecule has 2 aromatic carbocycles. The molecule has 1 saturated heterocycles. The van der Waals surface area contributed by atoms with Gasteiger partial charge in [0.25, 0.3) is 0 Å². The van der Waals surface area contributed by atoms with Crippen molar-refractivity contribution in [3.8, 4) is 0 Å². The van der Waals surface area contributed by atoms with E-state index in [2.05, 4.69) is 11.4 Å². The maximum absolute atomic E-state index is 12.3. The molecule has 0 aliphatic carbocycles. The first kappa shape index (κ1) is 22.1. The minimum absolute atomic E-state index is 0.222. The van der Waals surface area contributed by atoms with Crippen LogP contribution >= 0.6 is 0 Å². The second-order valence-corrected chi connectivity index (χ2v) is 8.64. The summed E-state index contributed by atoms with van der Waals surface area (Å²) < 4.78 is 17.7. The molecule has 0 spiro atoms. The topological polar surface area (TPSA) is 56.8 Å². The Balaban J connectivity index is 1.71. The second kappa shape index (κ2) is 9.06. The van der Waals surface area contributed by atoms with E-state index in [1.165, 1.54) is 0 Å². The van der Waals surface area contributed by atoms with Gasteiger partial charge in [-0.15, -0.1) is 0 Å². The molecule has 0 unspecified atom stereocenters. The number of aryl methyl sites for hydroxylation is 1. The van der Waals surface area contributed by atoms with Gasteiger partial charge < -0.3 is 19.4 Å². The second-order valence-electron chi connectivity index (χ2n) is 8.64. The lowest BCUT2D eigenvalue weighted by Gasteiger charge is -2.32. The summed E-state index contributed by atoms with van der Waals surface area (Å²) in [4.78, 5) is 12.3. The van der Waals surface area contributed by atoms with Gasteiger partial charge in [-0.3, -0.25) is 0 Å². The number of rotatable bonds is 6. The molecular formula is C24H30BNO4. The number of hydrogen-bond donors (Lipinski definition) is 1. The van der Waals surface area contributed by atoms with Crippen molar-refractivity contribution in [1.82, 2.24) is 5.32 Å². The summed E-state index contributed by atoms with van der Waals surface area (Å²) in [6, 6.07) is 17.7. The van der Waals surface area contributed by atoms with E-state index in [1.54, 1.807) is 0 Å². The molecule has 3 rings (SSSR count). The Hall–Kier alpha value is -2.57. The van der Waals surface area contributed by atoms with Crippen LogP contribution in [0.3, 0.4) is 0 Å². The fourth-order valence-corrected chi connectivity index (χ4v) is 3.12. The van der Waals surface area contributed by atoms with Gasteiger partial charge in [-0.2, -0.15) is 0 Å². The summed E-state index contributed by atoms with van der Waals surface area (Å²) >= 11 is 0. The van der Waals surface area contributed by atoms with Crippen LogP contribution in [0.25, 0.3) is 6.08 Å². The highest BCUT2D eigenvalue weighted by atomic mass is 16.7. The number of alkyl carbamates (subject to hydrolysis) is 1. The molecule has 30 heavy (non-hydrogen) atoms. The zero-order valence-corrected chi connectivity index (χ0v) is 18.4. The quantitative estimate of drug-likeness (QED) is 0.690. The average molecular weight is 407 g/mol. The van der Waals surface area contributed by atoms with E-state index in [4.69, 9.17) is 14.0 Å². The fraction of sp³-hybridized carbons (Fsp3) is 0.375. The van der Waals surface area contributed by atoms with Crippen LogP contribution in [-0.4, -0.2) is 31.0 Å². The predicted molar refractivity (Wildman–Crippen MR) is 120 cm³/mol. The third-order valence-electron chi connectivity index (χ3n) is 5.60. The van der Waals surface area contributed by atoms with Gasteiger partial charge in [-0.25, -0.2) is 4.79 Å². The van der Waals surface area contributed by atoms with Crippen LogP contribution in [0, 0.1) is 6.92 Å². The van der Waals surface area contributed by atoms with E-state index >= 15 is 0 Å². The normalized spacial score (nSPS) is 17.6. The van der Waals surface area contributed by atoms with Crippen molar-refractivity contribution in [2.24, 2.45) is 0 Å². The SMILES string of the molecule is Cc1cccc(C=C(CNC(=O)OCc2ccccc2)B2OC(C)(C)C(C)(C)O2)c1. The summed E-state index contributed by atoms with van der Waals surface area (Å²) in [6.07, 6.45) is 1.53. The van der Waals surface area contributed by atoms with Crippen LogP contribution in [0.15, 0.2) is 60.1 Å². The molecule has 5 nitrogen and oxygen atoms in total. The standard InChI is InChI=1S/C24H30BNO4/c1-18-10-9-13-20(14-18)15-21(25-29-23(2,3)24(4,5)30-25)16-26-22(27)28-17-19-11-7-6-8-12-19/h6-15H,16-17H2,1-5H3,(H,26,27). The molecule has 158 valence electrons. The summed E-state index contributed by atoms with van der Waals surface area (Å²) in [5.41, 5.74) is 3.03. The lowest BCUT2D eigenvalue weighted by molar-refractivity contribution is 0.00578. The fourth-order valence-electron chi connectivity index (χ4n) is 3.12. The number of nitrogens with one attached hydrogen (secondary N) is 1. The minimum atomic E-state index is -0.551. The highest BCUT2D eigenvalue weighted by Gasteiger charge is 2.52.